The van der Waals surface area contributed by atoms with Crippen molar-refractivity contribution in [1.82, 2.24) is 4.90 Å². The fourth-order valence-corrected chi connectivity index (χ4v) is 3.12. The third-order valence-corrected chi connectivity index (χ3v) is 4.83. The molecule has 0 fully saturated rings. The van der Waals surface area contributed by atoms with E-state index in [0.717, 1.165) is 18.7 Å². The van der Waals surface area contributed by atoms with Gasteiger partial charge < -0.3 is 15.4 Å². The number of amides is 2. The number of nitrogens with zero attached hydrogens (tertiary/aromatic N) is 1. The number of carbonyl (C=O) groups excluding carboxylic acids is 2. The number of hydrogen-bond acceptors (Lipinski definition) is 4. The van der Waals surface area contributed by atoms with E-state index in [2.05, 4.69) is 10.6 Å². The zero-order chi connectivity index (χ0) is 21.4. The summed E-state index contributed by atoms with van der Waals surface area (Å²) in [5.41, 5.74) is 2.17. The number of ether oxygens (including phenoxy) is 1. The van der Waals surface area contributed by atoms with E-state index in [1.54, 1.807) is 36.4 Å². The maximum atomic E-state index is 12.2. The highest BCUT2D eigenvalue weighted by atomic mass is 35.5. The molecule has 29 heavy (non-hydrogen) atoms. The van der Waals surface area contributed by atoms with E-state index in [0.29, 0.717) is 33.7 Å². The molecule has 0 spiro atoms. The first kappa shape index (κ1) is 23.0. The molecule has 0 aromatic heterocycles. The average molecular weight is 438 g/mol. The van der Waals surface area contributed by atoms with Gasteiger partial charge in [0.15, 0.2) is 6.61 Å². The van der Waals surface area contributed by atoms with Crippen molar-refractivity contribution < 1.29 is 14.3 Å². The maximum Gasteiger partial charge on any atom is 0.262 e. The summed E-state index contributed by atoms with van der Waals surface area (Å²) >= 11 is 11.9. The van der Waals surface area contributed by atoms with Gasteiger partial charge in [0.2, 0.25) is 5.91 Å². The molecule has 2 N–H and O–H groups in total. The maximum absolute atomic E-state index is 12.2. The Balaban J connectivity index is 1.90. The number of rotatable bonds is 9. The minimum Gasteiger partial charge on any atom is -0.482 e. The van der Waals surface area contributed by atoms with Crippen LogP contribution in [-0.2, 0) is 9.59 Å². The smallest absolute Gasteiger partial charge is 0.262 e. The summed E-state index contributed by atoms with van der Waals surface area (Å²) in [7, 11) is 0. The van der Waals surface area contributed by atoms with Crippen LogP contribution in [0.15, 0.2) is 36.4 Å². The average Bonchev–Trinajstić information content (AvgIpc) is 2.67. The van der Waals surface area contributed by atoms with Crippen LogP contribution in [0.25, 0.3) is 0 Å². The van der Waals surface area contributed by atoms with Gasteiger partial charge in [-0.25, -0.2) is 0 Å². The van der Waals surface area contributed by atoms with E-state index in [1.807, 2.05) is 25.7 Å². The van der Waals surface area contributed by atoms with Gasteiger partial charge in [-0.15, -0.1) is 0 Å². The van der Waals surface area contributed by atoms with Crippen LogP contribution in [0.4, 0.5) is 11.4 Å². The Morgan fingerprint density at radius 2 is 1.72 bits per heavy atom. The predicted octanol–water partition coefficient (Wildman–Crippen LogP) is 4.60. The first-order valence-corrected chi connectivity index (χ1v) is 10.1. The van der Waals surface area contributed by atoms with Crippen LogP contribution in [0.1, 0.15) is 19.4 Å². The monoisotopic (exact) mass is 437 g/mol. The molecule has 0 saturated carbocycles. The van der Waals surface area contributed by atoms with Gasteiger partial charge in [-0.05, 0) is 62.0 Å². The number of nitrogens with one attached hydrogen (secondary N) is 2. The van der Waals surface area contributed by atoms with Crippen molar-refractivity contribution >= 4 is 46.4 Å². The minimum absolute atomic E-state index is 0.0678. The van der Waals surface area contributed by atoms with E-state index in [4.69, 9.17) is 27.9 Å². The molecule has 6 nitrogen and oxygen atoms in total. The third kappa shape index (κ3) is 7.24. The van der Waals surface area contributed by atoms with Gasteiger partial charge in [0, 0.05) is 16.4 Å². The lowest BCUT2D eigenvalue weighted by Gasteiger charge is -2.18. The van der Waals surface area contributed by atoms with Crippen LogP contribution in [0.2, 0.25) is 10.0 Å². The van der Waals surface area contributed by atoms with Gasteiger partial charge in [0.25, 0.3) is 5.91 Å². The van der Waals surface area contributed by atoms with E-state index < -0.39 is 0 Å². The van der Waals surface area contributed by atoms with Crippen LogP contribution in [-0.4, -0.2) is 43.0 Å². The second-order valence-corrected chi connectivity index (χ2v) is 7.29. The van der Waals surface area contributed by atoms with Gasteiger partial charge >= 0.3 is 0 Å². The van der Waals surface area contributed by atoms with Crippen LogP contribution >= 0.6 is 23.2 Å². The molecule has 0 aliphatic heterocycles. The molecular formula is C21H25Cl2N3O3. The lowest BCUT2D eigenvalue weighted by molar-refractivity contribution is -0.118. The van der Waals surface area contributed by atoms with Crippen molar-refractivity contribution in [2.24, 2.45) is 0 Å². The number of aryl methyl sites for hydroxylation is 1. The Labute approximate surface area is 181 Å². The van der Waals surface area contributed by atoms with Crippen molar-refractivity contribution in [3.05, 3.63) is 52.0 Å². The molecule has 0 atom stereocenters. The van der Waals surface area contributed by atoms with Crippen molar-refractivity contribution in [3.8, 4) is 5.75 Å². The summed E-state index contributed by atoms with van der Waals surface area (Å²) in [6, 6.07) is 10.1. The molecule has 0 aliphatic rings. The normalized spacial score (nSPS) is 10.7. The highest BCUT2D eigenvalue weighted by molar-refractivity contribution is 6.35. The van der Waals surface area contributed by atoms with Gasteiger partial charge in [-0.1, -0.05) is 37.0 Å². The number of hydrogen-bond donors (Lipinski definition) is 2. The standard InChI is InChI=1S/C21H25Cl2N3O3/c1-4-26(5-2)12-20(27)25-18-8-7-16(10-14(18)3)24-21(28)13-29-19-9-6-15(22)11-17(19)23/h6-11H,4-5,12-13H2,1-3H3,(H,24,28)(H,25,27). The molecule has 2 amide bonds. The highest BCUT2D eigenvalue weighted by Gasteiger charge is 2.11. The van der Waals surface area contributed by atoms with Crippen molar-refractivity contribution in [3.63, 3.8) is 0 Å². The molecule has 0 bridgehead atoms. The van der Waals surface area contributed by atoms with Crippen LogP contribution < -0.4 is 15.4 Å². The molecule has 156 valence electrons. The molecule has 0 aliphatic carbocycles. The largest absolute Gasteiger partial charge is 0.482 e. The van der Waals surface area contributed by atoms with E-state index in [1.165, 1.54) is 0 Å². The first-order chi connectivity index (χ1) is 13.8. The summed E-state index contributed by atoms with van der Waals surface area (Å²) in [6.07, 6.45) is 0. The Hall–Kier alpha value is -2.28. The van der Waals surface area contributed by atoms with Crippen LogP contribution in [0.3, 0.4) is 0 Å². The molecule has 2 aromatic carbocycles. The number of benzene rings is 2. The Morgan fingerprint density at radius 1 is 1.00 bits per heavy atom. The molecular weight excluding hydrogens is 413 g/mol. The summed E-state index contributed by atoms with van der Waals surface area (Å²) in [5, 5.41) is 6.50. The van der Waals surface area contributed by atoms with Crippen molar-refractivity contribution in [2.45, 2.75) is 20.8 Å². The summed E-state index contributed by atoms with van der Waals surface area (Å²) < 4.78 is 5.43. The number of carbonyl (C=O) groups is 2. The number of likely N-dealkylation sites (N-methyl/N-ethyl adjacent to an activating group) is 1. The second-order valence-electron chi connectivity index (χ2n) is 6.45. The molecule has 2 aromatic rings. The summed E-state index contributed by atoms with van der Waals surface area (Å²) in [5.74, 6) is -0.00998. The zero-order valence-corrected chi connectivity index (χ0v) is 18.2. The van der Waals surface area contributed by atoms with Gasteiger partial charge in [0.1, 0.15) is 5.75 Å². The van der Waals surface area contributed by atoms with E-state index >= 15 is 0 Å². The van der Waals surface area contributed by atoms with Crippen molar-refractivity contribution in [2.75, 3.05) is 36.9 Å². The van der Waals surface area contributed by atoms with E-state index in [9.17, 15) is 9.59 Å². The Bertz CT molecular complexity index is 870. The first-order valence-electron chi connectivity index (χ1n) is 9.33. The topological polar surface area (TPSA) is 70.7 Å². The lowest BCUT2D eigenvalue weighted by atomic mass is 10.1. The van der Waals surface area contributed by atoms with E-state index in [-0.39, 0.29) is 18.4 Å². The number of halogens is 2. The quantitative estimate of drug-likeness (QED) is 0.601. The summed E-state index contributed by atoms with van der Waals surface area (Å²) in [4.78, 5) is 26.3. The van der Waals surface area contributed by atoms with Gasteiger partial charge in [-0.2, -0.15) is 0 Å². The zero-order valence-electron chi connectivity index (χ0n) is 16.7. The fraction of sp³-hybridized carbons (Fsp3) is 0.333. The lowest BCUT2D eigenvalue weighted by Crippen LogP contribution is -2.33. The predicted molar refractivity (Wildman–Crippen MR) is 118 cm³/mol. The van der Waals surface area contributed by atoms with Gasteiger partial charge in [0.05, 0.1) is 11.6 Å². The van der Waals surface area contributed by atoms with Gasteiger partial charge in [-0.3, -0.25) is 14.5 Å². The minimum atomic E-state index is -0.325. The molecule has 0 unspecified atom stereocenters. The van der Waals surface area contributed by atoms with Crippen LogP contribution in [0, 0.1) is 6.92 Å². The fourth-order valence-electron chi connectivity index (χ4n) is 2.65. The second kappa shape index (κ2) is 11.0. The third-order valence-electron chi connectivity index (χ3n) is 4.30. The van der Waals surface area contributed by atoms with Crippen molar-refractivity contribution in [1.29, 1.82) is 0 Å². The SMILES string of the molecule is CCN(CC)CC(=O)Nc1ccc(NC(=O)COc2ccc(Cl)cc2Cl)cc1C. The number of anilines is 2. The Morgan fingerprint density at radius 3 is 2.34 bits per heavy atom. The molecule has 8 heteroatoms. The molecule has 0 heterocycles. The molecule has 2 rings (SSSR count). The summed E-state index contributed by atoms with van der Waals surface area (Å²) in [6.45, 7) is 7.69. The molecule has 0 radical (unpaired) electrons. The Kier molecular flexibility index (Phi) is 8.76. The molecule has 0 saturated heterocycles. The van der Waals surface area contributed by atoms with Crippen LogP contribution in [0.5, 0.6) is 5.75 Å². The highest BCUT2D eigenvalue weighted by Crippen LogP contribution is 2.27.